The predicted molar refractivity (Wildman–Crippen MR) is 72.1 cm³/mol. The molecule has 0 bridgehead atoms. The second-order valence-corrected chi connectivity index (χ2v) is 3.10. The minimum atomic E-state index is 1.09. The number of rotatable bonds is 2. The highest BCUT2D eigenvalue weighted by Crippen LogP contribution is 2.13. The first-order valence-corrected chi connectivity index (χ1v) is 6.41. The van der Waals surface area contributed by atoms with Crippen LogP contribution in [0.1, 0.15) is 53.4 Å². The molecule has 0 spiro atoms. The minimum Gasteiger partial charge on any atom is -0.372 e. The zero-order valence-corrected chi connectivity index (χ0v) is 11.2. The molecule has 0 aliphatic carbocycles. The molecule has 0 aromatic heterocycles. The van der Waals surface area contributed by atoms with Crippen molar-refractivity contribution in [2.75, 3.05) is 13.1 Å². The van der Waals surface area contributed by atoms with Crippen molar-refractivity contribution in [3.8, 4) is 0 Å². The van der Waals surface area contributed by atoms with Gasteiger partial charge in [0.25, 0.3) is 0 Å². The molecular formula is C14H29N. The standard InChI is InChI=1S/C10H17N.2C2H6/c1-3-10(2)11-8-6-4-5-7-9-11;2*1-2/h3H,1-2,4-9H2;2*1-2H3. The van der Waals surface area contributed by atoms with Gasteiger partial charge in [0.15, 0.2) is 0 Å². The molecule has 1 saturated heterocycles. The summed E-state index contributed by atoms with van der Waals surface area (Å²) in [5.41, 5.74) is 1.09. The number of nitrogens with zero attached hydrogens (tertiary/aromatic N) is 1. The maximum atomic E-state index is 3.95. The molecule has 0 amide bonds. The number of allylic oxidation sites excluding steroid dienone is 1. The molecule has 1 heteroatoms. The van der Waals surface area contributed by atoms with Crippen LogP contribution in [0.2, 0.25) is 0 Å². The summed E-state index contributed by atoms with van der Waals surface area (Å²) in [6, 6.07) is 0. The van der Waals surface area contributed by atoms with Gasteiger partial charge in [-0.05, 0) is 18.9 Å². The number of hydrogen-bond donors (Lipinski definition) is 0. The first-order valence-electron chi connectivity index (χ1n) is 6.41. The Hall–Kier alpha value is -0.720. The van der Waals surface area contributed by atoms with Gasteiger partial charge in [-0.1, -0.05) is 53.7 Å². The molecule has 15 heavy (non-hydrogen) atoms. The van der Waals surface area contributed by atoms with Crippen LogP contribution < -0.4 is 0 Å². The third kappa shape index (κ3) is 8.29. The van der Waals surface area contributed by atoms with Crippen LogP contribution in [0, 0.1) is 0 Å². The SMILES string of the molecule is C=CC(=C)N1CCCCCC1.CC.CC. The highest BCUT2D eigenvalue weighted by Gasteiger charge is 2.07. The van der Waals surface area contributed by atoms with Gasteiger partial charge in [-0.3, -0.25) is 0 Å². The maximum absolute atomic E-state index is 3.95. The van der Waals surface area contributed by atoms with Crippen molar-refractivity contribution in [2.24, 2.45) is 0 Å². The Morgan fingerprint density at radius 2 is 1.33 bits per heavy atom. The van der Waals surface area contributed by atoms with Gasteiger partial charge in [0.2, 0.25) is 0 Å². The summed E-state index contributed by atoms with van der Waals surface area (Å²) in [7, 11) is 0. The summed E-state index contributed by atoms with van der Waals surface area (Å²) in [4.78, 5) is 2.33. The molecule has 0 aromatic rings. The Kier molecular flexibility index (Phi) is 14.8. The summed E-state index contributed by atoms with van der Waals surface area (Å²) in [5, 5.41) is 0. The Bertz CT molecular complexity index is 141. The molecular weight excluding hydrogens is 182 g/mol. The van der Waals surface area contributed by atoms with E-state index in [1.54, 1.807) is 0 Å². The molecule has 0 radical (unpaired) electrons. The van der Waals surface area contributed by atoms with Crippen LogP contribution in [-0.4, -0.2) is 18.0 Å². The van der Waals surface area contributed by atoms with Crippen LogP contribution in [0.15, 0.2) is 24.9 Å². The highest BCUT2D eigenvalue weighted by atomic mass is 15.1. The second-order valence-electron chi connectivity index (χ2n) is 3.10. The summed E-state index contributed by atoms with van der Waals surface area (Å²) in [6.45, 7) is 18.0. The van der Waals surface area contributed by atoms with Crippen LogP contribution in [0.3, 0.4) is 0 Å². The van der Waals surface area contributed by atoms with Crippen molar-refractivity contribution in [1.29, 1.82) is 0 Å². The fourth-order valence-corrected chi connectivity index (χ4v) is 1.49. The Morgan fingerprint density at radius 1 is 0.933 bits per heavy atom. The van der Waals surface area contributed by atoms with Gasteiger partial charge in [-0.15, -0.1) is 0 Å². The normalized spacial score (nSPS) is 14.8. The predicted octanol–water partition coefficient (Wildman–Crippen LogP) is 4.61. The lowest BCUT2D eigenvalue weighted by atomic mass is 10.2. The second kappa shape index (κ2) is 13.3. The molecule has 0 saturated carbocycles. The van der Waals surface area contributed by atoms with E-state index in [0.29, 0.717) is 0 Å². The van der Waals surface area contributed by atoms with Crippen molar-refractivity contribution < 1.29 is 0 Å². The van der Waals surface area contributed by atoms with E-state index in [0.717, 1.165) is 5.70 Å². The summed E-state index contributed by atoms with van der Waals surface area (Å²) >= 11 is 0. The van der Waals surface area contributed by atoms with Crippen molar-refractivity contribution in [2.45, 2.75) is 53.4 Å². The van der Waals surface area contributed by atoms with E-state index in [-0.39, 0.29) is 0 Å². The highest BCUT2D eigenvalue weighted by molar-refractivity contribution is 5.09. The quantitative estimate of drug-likeness (QED) is 0.603. The lowest BCUT2D eigenvalue weighted by Crippen LogP contribution is -2.22. The minimum absolute atomic E-state index is 1.09. The third-order valence-corrected chi connectivity index (χ3v) is 2.25. The van der Waals surface area contributed by atoms with E-state index in [1.165, 1.54) is 38.8 Å². The fraction of sp³-hybridized carbons (Fsp3) is 0.714. The first kappa shape index (κ1) is 16.7. The molecule has 90 valence electrons. The van der Waals surface area contributed by atoms with Gasteiger partial charge in [-0.2, -0.15) is 0 Å². The Labute approximate surface area is 96.9 Å². The summed E-state index contributed by atoms with van der Waals surface area (Å²) in [5.74, 6) is 0. The van der Waals surface area contributed by atoms with Crippen molar-refractivity contribution in [1.82, 2.24) is 4.90 Å². The van der Waals surface area contributed by atoms with Crippen molar-refractivity contribution >= 4 is 0 Å². The molecule has 1 heterocycles. The summed E-state index contributed by atoms with van der Waals surface area (Å²) in [6.07, 6.45) is 7.23. The smallest absolute Gasteiger partial charge is 0.0287 e. The van der Waals surface area contributed by atoms with E-state index in [1.807, 2.05) is 33.8 Å². The molecule has 1 aliphatic rings. The zero-order chi connectivity index (χ0) is 12.1. The van der Waals surface area contributed by atoms with E-state index in [9.17, 15) is 0 Å². The monoisotopic (exact) mass is 211 g/mol. The van der Waals surface area contributed by atoms with Crippen LogP contribution in [0.4, 0.5) is 0 Å². The number of likely N-dealkylation sites (tertiary alicyclic amines) is 1. The van der Waals surface area contributed by atoms with E-state index < -0.39 is 0 Å². The van der Waals surface area contributed by atoms with E-state index in [2.05, 4.69) is 18.1 Å². The van der Waals surface area contributed by atoms with Gasteiger partial charge in [0.05, 0.1) is 0 Å². The molecule has 1 rings (SSSR count). The average molecular weight is 211 g/mol. The summed E-state index contributed by atoms with van der Waals surface area (Å²) < 4.78 is 0. The van der Waals surface area contributed by atoms with Gasteiger partial charge in [-0.25, -0.2) is 0 Å². The first-order chi connectivity index (χ1) is 7.34. The topological polar surface area (TPSA) is 3.24 Å². The van der Waals surface area contributed by atoms with Crippen LogP contribution in [0.25, 0.3) is 0 Å². The molecule has 0 unspecified atom stereocenters. The average Bonchev–Trinajstić information content (AvgIpc) is 2.62. The molecule has 0 aromatic carbocycles. The Morgan fingerprint density at radius 3 is 1.67 bits per heavy atom. The fourth-order valence-electron chi connectivity index (χ4n) is 1.49. The van der Waals surface area contributed by atoms with Crippen LogP contribution in [-0.2, 0) is 0 Å². The van der Waals surface area contributed by atoms with Gasteiger partial charge in [0.1, 0.15) is 0 Å². The number of hydrogen-bond acceptors (Lipinski definition) is 1. The lowest BCUT2D eigenvalue weighted by molar-refractivity contribution is 0.371. The van der Waals surface area contributed by atoms with Crippen molar-refractivity contribution in [3.05, 3.63) is 24.9 Å². The van der Waals surface area contributed by atoms with Crippen LogP contribution >= 0.6 is 0 Å². The largest absolute Gasteiger partial charge is 0.372 e. The lowest BCUT2D eigenvalue weighted by Gasteiger charge is -2.22. The van der Waals surface area contributed by atoms with Gasteiger partial charge >= 0.3 is 0 Å². The third-order valence-electron chi connectivity index (χ3n) is 2.25. The zero-order valence-electron chi connectivity index (χ0n) is 11.2. The van der Waals surface area contributed by atoms with Crippen LogP contribution in [0.5, 0.6) is 0 Å². The molecule has 1 aliphatic heterocycles. The van der Waals surface area contributed by atoms with E-state index >= 15 is 0 Å². The molecule has 1 fully saturated rings. The molecule has 0 N–H and O–H groups in total. The van der Waals surface area contributed by atoms with Gasteiger partial charge in [0, 0.05) is 18.8 Å². The maximum Gasteiger partial charge on any atom is 0.0287 e. The van der Waals surface area contributed by atoms with E-state index in [4.69, 9.17) is 0 Å². The molecule has 1 nitrogen and oxygen atoms in total. The van der Waals surface area contributed by atoms with Crippen molar-refractivity contribution in [3.63, 3.8) is 0 Å². The molecule has 0 atom stereocenters. The Balaban J connectivity index is 0. The van der Waals surface area contributed by atoms with Gasteiger partial charge < -0.3 is 4.90 Å².